The molecule has 0 fully saturated rings. The molecule has 2 aromatic carbocycles. The molecule has 1 aliphatic heterocycles. The van der Waals surface area contributed by atoms with Crippen LogP contribution in [-0.2, 0) is 27.4 Å². The third kappa shape index (κ3) is 4.42. The van der Waals surface area contributed by atoms with Gasteiger partial charge < -0.3 is 24.0 Å². The zero-order valence-electron chi connectivity index (χ0n) is 21.5. The predicted molar refractivity (Wildman–Crippen MR) is 139 cm³/mol. The number of nitrogens with one attached hydrogen (secondary N) is 1. The first kappa shape index (κ1) is 25.2. The lowest BCUT2D eigenvalue weighted by atomic mass is 9.95. The first-order valence-electron chi connectivity index (χ1n) is 12.2. The average Bonchev–Trinajstić information content (AvgIpc) is 3.39. The first-order valence-corrected chi connectivity index (χ1v) is 12.2. The van der Waals surface area contributed by atoms with Gasteiger partial charge in [-0.25, -0.2) is 9.18 Å². The molecule has 1 aliphatic rings. The van der Waals surface area contributed by atoms with Gasteiger partial charge in [-0.2, -0.15) is 0 Å². The highest BCUT2D eigenvalue weighted by atomic mass is 19.1. The fraction of sp³-hybridized carbons (Fsp3) is 0.286. The molecule has 2 amide bonds. The van der Waals surface area contributed by atoms with E-state index >= 15 is 0 Å². The second-order valence-corrected chi connectivity index (χ2v) is 10.1. The molecule has 9 nitrogen and oxygen atoms in total. The highest BCUT2D eigenvalue weighted by molar-refractivity contribution is 6.37. The molecule has 4 aromatic rings. The van der Waals surface area contributed by atoms with Gasteiger partial charge in [-0.3, -0.25) is 9.59 Å². The molecule has 0 aliphatic carbocycles. The van der Waals surface area contributed by atoms with E-state index in [9.17, 15) is 18.8 Å². The number of allylic oxidation sites excluding steroid dienone is 1. The number of rotatable bonds is 4. The normalized spacial score (nSPS) is 14.3. The molecule has 0 unspecified atom stereocenters. The Bertz CT molecular complexity index is 1630. The number of amides is 2. The van der Waals surface area contributed by atoms with Crippen molar-refractivity contribution in [3.63, 3.8) is 0 Å². The van der Waals surface area contributed by atoms with E-state index < -0.39 is 23.4 Å². The van der Waals surface area contributed by atoms with Crippen LogP contribution in [0, 0.1) is 5.82 Å². The van der Waals surface area contributed by atoms with E-state index in [1.54, 1.807) is 51.2 Å². The molecule has 1 N–H and O–H groups in total. The quantitative estimate of drug-likeness (QED) is 0.314. The van der Waals surface area contributed by atoms with Crippen LogP contribution in [-0.4, -0.2) is 52.1 Å². The maximum Gasteiger partial charge on any atom is 0.410 e. The number of carbonyl (C=O) groups is 3. The highest BCUT2D eigenvalue weighted by Crippen LogP contribution is 2.37. The molecule has 10 heteroatoms. The van der Waals surface area contributed by atoms with Gasteiger partial charge in [0.2, 0.25) is 0 Å². The molecule has 0 radical (unpaired) electrons. The summed E-state index contributed by atoms with van der Waals surface area (Å²) in [4.78, 5) is 40.0. The largest absolute Gasteiger partial charge is 0.444 e. The van der Waals surface area contributed by atoms with Crippen LogP contribution in [0.1, 0.15) is 37.6 Å². The Hall–Kier alpha value is -4.47. The summed E-state index contributed by atoms with van der Waals surface area (Å²) in [7, 11) is 1.46. The van der Waals surface area contributed by atoms with Gasteiger partial charge in [-0.1, -0.05) is 17.3 Å². The summed E-state index contributed by atoms with van der Waals surface area (Å²) in [6, 6.07) is 9.72. The number of nitrogens with zero attached hydrogens (tertiary/aromatic N) is 3. The summed E-state index contributed by atoms with van der Waals surface area (Å²) >= 11 is 0. The van der Waals surface area contributed by atoms with E-state index in [1.165, 1.54) is 24.1 Å². The Morgan fingerprint density at radius 3 is 2.63 bits per heavy atom. The van der Waals surface area contributed by atoms with Crippen LogP contribution in [0.15, 0.2) is 47.1 Å². The van der Waals surface area contributed by atoms with Crippen molar-refractivity contribution in [3.8, 4) is 0 Å². The minimum Gasteiger partial charge on any atom is -0.444 e. The number of likely N-dealkylation sites (N-methyl/N-ethyl adjacent to an activating group) is 1. The third-order valence-electron chi connectivity index (χ3n) is 6.39. The number of fused-ring (bicyclic) bond motifs is 1. The number of halogens is 1. The van der Waals surface area contributed by atoms with Gasteiger partial charge in [0.1, 0.15) is 17.1 Å². The number of hydrogen-bond acceptors (Lipinski definition) is 6. The summed E-state index contributed by atoms with van der Waals surface area (Å²) in [6.07, 6.45) is 1.80. The van der Waals surface area contributed by atoms with Crippen molar-refractivity contribution in [2.75, 3.05) is 13.6 Å². The van der Waals surface area contributed by atoms with Gasteiger partial charge in [-0.15, -0.1) is 0 Å². The topological polar surface area (TPSA) is 107 Å². The Balaban J connectivity index is 1.70. The lowest BCUT2D eigenvalue weighted by molar-refractivity contribution is -0.115. The monoisotopic (exact) mass is 518 g/mol. The van der Waals surface area contributed by atoms with Crippen molar-refractivity contribution in [1.82, 2.24) is 19.9 Å². The zero-order valence-corrected chi connectivity index (χ0v) is 21.5. The van der Waals surface area contributed by atoms with Crippen molar-refractivity contribution in [3.05, 3.63) is 65.2 Å². The minimum absolute atomic E-state index is 0.0183. The van der Waals surface area contributed by atoms with Crippen molar-refractivity contribution in [2.24, 2.45) is 0 Å². The fourth-order valence-corrected chi connectivity index (χ4v) is 4.80. The van der Waals surface area contributed by atoms with Gasteiger partial charge in [0.25, 0.3) is 5.91 Å². The lowest BCUT2D eigenvalue weighted by Gasteiger charge is -2.26. The van der Waals surface area contributed by atoms with Gasteiger partial charge in [0.05, 0.1) is 17.6 Å². The number of aldehydes is 1. The van der Waals surface area contributed by atoms with E-state index in [1.807, 2.05) is 4.57 Å². The van der Waals surface area contributed by atoms with E-state index in [2.05, 4.69) is 10.5 Å². The minimum atomic E-state index is -0.672. The van der Waals surface area contributed by atoms with Gasteiger partial charge in [0.15, 0.2) is 11.9 Å². The Morgan fingerprint density at radius 1 is 1.16 bits per heavy atom. The number of hydrogen-bond donors (Lipinski definition) is 1. The van der Waals surface area contributed by atoms with Crippen molar-refractivity contribution >= 4 is 51.3 Å². The maximum absolute atomic E-state index is 14.9. The van der Waals surface area contributed by atoms with Crippen LogP contribution in [0.3, 0.4) is 0 Å². The van der Waals surface area contributed by atoms with Crippen molar-refractivity contribution in [2.45, 2.75) is 39.5 Å². The molecular formula is C28H27FN4O5. The molecule has 38 heavy (non-hydrogen) atoms. The molecule has 0 saturated heterocycles. The van der Waals surface area contributed by atoms with Crippen molar-refractivity contribution in [1.29, 1.82) is 0 Å². The standard InChI is InChI=1S/C28H27FN4O5/c1-28(2,3)37-27(36)33-10-9-32-14-20(19-12-17(29)11-16(13-33)25(19)32)21(15-34)23(26(35)30-4)24-18-7-5-6-8-22(18)38-31-24/h5-8,11-12,14-15H,9-10,13H2,1-4H3,(H,30,35)/b23-21+. The number of para-hydroxylation sites is 1. The van der Waals surface area contributed by atoms with Gasteiger partial charge in [0, 0.05) is 48.2 Å². The molecule has 0 bridgehead atoms. The van der Waals surface area contributed by atoms with Crippen LogP contribution in [0.4, 0.5) is 9.18 Å². The van der Waals surface area contributed by atoms with Crippen LogP contribution >= 0.6 is 0 Å². The first-order chi connectivity index (χ1) is 18.1. The smallest absolute Gasteiger partial charge is 0.410 e. The van der Waals surface area contributed by atoms with Crippen LogP contribution in [0.2, 0.25) is 0 Å². The summed E-state index contributed by atoms with van der Waals surface area (Å²) in [5.41, 5.74) is 1.68. The van der Waals surface area contributed by atoms with E-state index in [0.717, 1.165) is 0 Å². The molecule has 2 aromatic heterocycles. The van der Waals surface area contributed by atoms with E-state index in [0.29, 0.717) is 52.4 Å². The second-order valence-electron chi connectivity index (χ2n) is 10.1. The molecule has 196 valence electrons. The molecule has 0 spiro atoms. The SMILES string of the molecule is CNC(=O)/C(=C(\C=O)c1cn2c3c(cc(F)cc13)CN(C(=O)OC(C)(C)C)CC2)c1noc2ccccc12. The molecule has 0 saturated carbocycles. The number of carbonyl (C=O) groups excluding carboxylic acids is 3. The van der Waals surface area contributed by atoms with Crippen LogP contribution < -0.4 is 5.32 Å². The van der Waals surface area contributed by atoms with E-state index in [-0.39, 0.29) is 23.4 Å². The zero-order chi connectivity index (χ0) is 27.2. The Kier molecular flexibility index (Phi) is 6.26. The van der Waals surface area contributed by atoms with Crippen LogP contribution in [0.25, 0.3) is 33.0 Å². The second kappa shape index (κ2) is 9.44. The summed E-state index contributed by atoms with van der Waals surface area (Å²) in [5.74, 6) is -1.07. The van der Waals surface area contributed by atoms with Crippen molar-refractivity contribution < 1.29 is 28.0 Å². The summed E-state index contributed by atoms with van der Waals surface area (Å²) in [5, 5.41) is 7.68. The fourth-order valence-electron chi connectivity index (χ4n) is 4.80. The molecule has 3 heterocycles. The maximum atomic E-state index is 14.9. The molecule has 5 rings (SSSR count). The van der Waals surface area contributed by atoms with Gasteiger partial charge >= 0.3 is 6.09 Å². The lowest BCUT2D eigenvalue weighted by Crippen LogP contribution is -2.37. The predicted octanol–water partition coefficient (Wildman–Crippen LogP) is 4.53. The number of ether oxygens (including phenoxy) is 1. The summed E-state index contributed by atoms with van der Waals surface area (Å²) < 4.78 is 27.8. The summed E-state index contributed by atoms with van der Waals surface area (Å²) in [6.45, 7) is 6.17. The number of benzene rings is 2. The molecular weight excluding hydrogens is 491 g/mol. The van der Waals surface area contributed by atoms with Gasteiger partial charge in [-0.05, 0) is 50.6 Å². The Morgan fingerprint density at radius 2 is 1.92 bits per heavy atom. The van der Waals surface area contributed by atoms with Crippen LogP contribution in [0.5, 0.6) is 0 Å². The Labute approximate surface area is 217 Å². The highest BCUT2D eigenvalue weighted by Gasteiger charge is 2.29. The number of aromatic nitrogens is 2. The van der Waals surface area contributed by atoms with E-state index in [4.69, 9.17) is 9.26 Å². The molecule has 0 atom stereocenters. The third-order valence-corrected chi connectivity index (χ3v) is 6.39. The average molecular weight is 519 g/mol.